The molecule has 2 N–H and O–H groups in total. The quantitative estimate of drug-likeness (QED) is 0.488. The van der Waals surface area contributed by atoms with Gasteiger partial charge in [-0.05, 0) is 58.8 Å². The zero-order valence-corrected chi connectivity index (χ0v) is 20.1. The first-order valence-electron chi connectivity index (χ1n) is 9.61. The van der Waals surface area contributed by atoms with Gasteiger partial charge in [-0.25, -0.2) is 0 Å². The first-order chi connectivity index (χ1) is 14.0. The highest BCUT2D eigenvalue weighted by molar-refractivity contribution is 9.11. The Kier molecular flexibility index (Phi) is 8.74. The van der Waals surface area contributed by atoms with Crippen LogP contribution in [0.15, 0.2) is 51.4 Å². The van der Waals surface area contributed by atoms with Gasteiger partial charge in [-0.1, -0.05) is 34.1 Å². The number of aromatic hydroxyl groups is 1. The summed E-state index contributed by atoms with van der Waals surface area (Å²) < 4.78 is 7.00. The second-order valence-electron chi connectivity index (χ2n) is 6.92. The molecule has 0 spiro atoms. The number of hydrogen-bond donors (Lipinski definition) is 2. The van der Waals surface area contributed by atoms with Crippen LogP contribution in [0.4, 0.5) is 5.69 Å². The molecule has 2 aromatic carbocycles. The van der Waals surface area contributed by atoms with Crippen LogP contribution in [-0.4, -0.2) is 59.4 Å². The summed E-state index contributed by atoms with van der Waals surface area (Å²) >= 11 is 12.6. The molecule has 0 aliphatic carbocycles. The number of phenols is 1. The lowest BCUT2D eigenvalue weighted by atomic mass is 10.2. The molecule has 3 rings (SSSR count). The van der Waals surface area contributed by atoms with Gasteiger partial charge in [0.15, 0.2) is 5.11 Å². The fraction of sp³-hybridized carbons (Fsp3) is 0.381. The number of para-hydroxylation sites is 1. The van der Waals surface area contributed by atoms with E-state index in [9.17, 15) is 5.11 Å². The van der Waals surface area contributed by atoms with Gasteiger partial charge in [0.2, 0.25) is 0 Å². The van der Waals surface area contributed by atoms with E-state index >= 15 is 0 Å². The zero-order chi connectivity index (χ0) is 20.6. The number of nitrogens with one attached hydrogen (secondary N) is 1. The van der Waals surface area contributed by atoms with Crippen molar-refractivity contribution < 1.29 is 9.84 Å². The van der Waals surface area contributed by atoms with E-state index in [0.717, 1.165) is 61.5 Å². The Morgan fingerprint density at radius 3 is 2.62 bits per heavy atom. The van der Waals surface area contributed by atoms with Crippen LogP contribution in [0.5, 0.6) is 5.75 Å². The lowest BCUT2D eigenvalue weighted by Gasteiger charge is -2.30. The topological polar surface area (TPSA) is 48.0 Å². The van der Waals surface area contributed by atoms with Crippen molar-refractivity contribution in [1.29, 1.82) is 0 Å². The van der Waals surface area contributed by atoms with Gasteiger partial charge in [-0.15, -0.1) is 0 Å². The van der Waals surface area contributed by atoms with E-state index in [1.807, 2.05) is 42.5 Å². The molecule has 0 radical (unpaired) electrons. The molecular formula is C21H25Br2N3O2S. The molecule has 1 fully saturated rings. The van der Waals surface area contributed by atoms with Gasteiger partial charge in [0.1, 0.15) is 5.75 Å². The maximum Gasteiger partial charge on any atom is 0.173 e. The average Bonchev–Trinajstić information content (AvgIpc) is 2.72. The number of nitrogens with zero attached hydrogens (tertiary/aromatic N) is 2. The summed E-state index contributed by atoms with van der Waals surface area (Å²) in [4.78, 5) is 4.53. The summed E-state index contributed by atoms with van der Waals surface area (Å²) in [6.45, 7) is 5.88. The number of halogens is 2. The lowest BCUT2D eigenvalue weighted by molar-refractivity contribution is 0.0367. The van der Waals surface area contributed by atoms with Gasteiger partial charge < -0.3 is 20.1 Å². The van der Waals surface area contributed by atoms with Crippen LogP contribution in [-0.2, 0) is 11.3 Å². The van der Waals surface area contributed by atoms with Crippen molar-refractivity contribution in [2.24, 2.45) is 0 Å². The van der Waals surface area contributed by atoms with E-state index in [1.54, 1.807) is 0 Å². The SMILES string of the molecule is Oc1c(Br)cc(Br)cc1CN(CCCN1CCOCC1)C(=S)Nc1ccccc1. The molecule has 0 aromatic heterocycles. The summed E-state index contributed by atoms with van der Waals surface area (Å²) in [6.07, 6.45) is 0.979. The van der Waals surface area contributed by atoms with Crippen LogP contribution in [0.25, 0.3) is 0 Å². The molecular weight excluding hydrogens is 518 g/mol. The fourth-order valence-corrected chi connectivity index (χ4v) is 4.82. The van der Waals surface area contributed by atoms with Crippen molar-refractivity contribution in [2.45, 2.75) is 13.0 Å². The largest absolute Gasteiger partial charge is 0.506 e. The van der Waals surface area contributed by atoms with E-state index < -0.39 is 0 Å². The van der Waals surface area contributed by atoms with Gasteiger partial charge in [0.25, 0.3) is 0 Å². The Morgan fingerprint density at radius 1 is 1.17 bits per heavy atom. The molecule has 0 saturated carbocycles. The van der Waals surface area contributed by atoms with Crippen molar-refractivity contribution in [3.05, 3.63) is 57.0 Å². The minimum absolute atomic E-state index is 0.244. The molecule has 2 aromatic rings. The van der Waals surface area contributed by atoms with Crippen molar-refractivity contribution in [2.75, 3.05) is 44.7 Å². The second kappa shape index (κ2) is 11.3. The summed E-state index contributed by atoms with van der Waals surface area (Å²) in [7, 11) is 0. The van der Waals surface area contributed by atoms with Crippen LogP contribution < -0.4 is 5.32 Å². The van der Waals surface area contributed by atoms with Crippen molar-refractivity contribution in [3.63, 3.8) is 0 Å². The molecule has 5 nitrogen and oxygen atoms in total. The van der Waals surface area contributed by atoms with Crippen LogP contribution in [0.2, 0.25) is 0 Å². The Bertz CT molecular complexity index is 817. The Hall–Kier alpha value is -1.19. The normalized spacial score (nSPS) is 14.6. The van der Waals surface area contributed by atoms with E-state index in [-0.39, 0.29) is 5.75 Å². The minimum atomic E-state index is 0.244. The lowest BCUT2D eigenvalue weighted by Crippen LogP contribution is -2.40. The van der Waals surface area contributed by atoms with Crippen molar-refractivity contribution >= 4 is 54.9 Å². The number of rotatable bonds is 7. The van der Waals surface area contributed by atoms with Crippen molar-refractivity contribution in [3.8, 4) is 5.75 Å². The van der Waals surface area contributed by atoms with Gasteiger partial charge >= 0.3 is 0 Å². The van der Waals surface area contributed by atoms with E-state index in [2.05, 4.69) is 47.0 Å². The molecule has 1 saturated heterocycles. The molecule has 0 atom stereocenters. The molecule has 1 heterocycles. The first-order valence-corrected chi connectivity index (χ1v) is 11.6. The highest BCUT2D eigenvalue weighted by atomic mass is 79.9. The standard InChI is InChI=1S/C21H25Br2N3O2S/c22-17-13-16(20(27)19(23)14-17)15-26(8-4-7-25-9-11-28-12-10-25)21(29)24-18-5-2-1-3-6-18/h1-3,5-6,13-14,27H,4,7-12,15H2,(H,24,29). The molecule has 1 aliphatic rings. The van der Waals surface area contributed by atoms with E-state index in [1.165, 1.54) is 0 Å². The zero-order valence-electron chi connectivity index (χ0n) is 16.1. The highest BCUT2D eigenvalue weighted by Gasteiger charge is 2.16. The Morgan fingerprint density at radius 2 is 1.90 bits per heavy atom. The fourth-order valence-electron chi connectivity index (χ4n) is 3.23. The smallest absolute Gasteiger partial charge is 0.173 e. The Balaban J connectivity index is 1.69. The third kappa shape index (κ3) is 6.93. The molecule has 1 aliphatic heterocycles. The van der Waals surface area contributed by atoms with Gasteiger partial charge in [-0.3, -0.25) is 4.90 Å². The van der Waals surface area contributed by atoms with Gasteiger partial charge in [0.05, 0.1) is 17.7 Å². The minimum Gasteiger partial charge on any atom is -0.506 e. The molecule has 29 heavy (non-hydrogen) atoms. The second-order valence-corrected chi connectivity index (χ2v) is 9.08. The van der Waals surface area contributed by atoms with E-state index in [4.69, 9.17) is 17.0 Å². The van der Waals surface area contributed by atoms with Crippen molar-refractivity contribution in [1.82, 2.24) is 9.80 Å². The van der Waals surface area contributed by atoms with Crippen LogP contribution in [0, 0.1) is 0 Å². The number of morpholine rings is 1. The molecule has 0 amide bonds. The number of phenolic OH excluding ortho intramolecular Hbond substituents is 1. The number of hydrogen-bond acceptors (Lipinski definition) is 4. The Labute approximate surface area is 194 Å². The third-order valence-corrected chi connectivity index (χ3v) is 6.21. The third-order valence-electron chi connectivity index (χ3n) is 4.79. The molecule has 8 heteroatoms. The number of thiocarbonyl (C=S) groups is 1. The van der Waals surface area contributed by atoms with Crippen LogP contribution in [0.3, 0.4) is 0 Å². The molecule has 0 bridgehead atoms. The summed E-state index contributed by atoms with van der Waals surface area (Å²) in [5, 5.41) is 14.5. The molecule has 156 valence electrons. The van der Waals surface area contributed by atoms with Gasteiger partial charge in [0, 0.05) is 48.4 Å². The van der Waals surface area contributed by atoms with Crippen LogP contribution in [0.1, 0.15) is 12.0 Å². The highest BCUT2D eigenvalue weighted by Crippen LogP contribution is 2.32. The monoisotopic (exact) mass is 541 g/mol. The average molecular weight is 543 g/mol. The summed E-state index contributed by atoms with van der Waals surface area (Å²) in [5.74, 6) is 0.244. The number of ether oxygens (including phenoxy) is 1. The number of benzene rings is 2. The molecule has 0 unspecified atom stereocenters. The predicted octanol–water partition coefficient (Wildman–Crippen LogP) is 4.84. The predicted molar refractivity (Wildman–Crippen MR) is 128 cm³/mol. The van der Waals surface area contributed by atoms with E-state index in [0.29, 0.717) is 16.1 Å². The van der Waals surface area contributed by atoms with Crippen LogP contribution >= 0.6 is 44.1 Å². The van der Waals surface area contributed by atoms with Gasteiger partial charge in [-0.2, -0.15) is 0 Å². The summed E-state index contributed by atoms with van der Waals surface area (Å²) in [6, 6.07) is 13.7. The first kappa shape index (κ1) is 22.5. The maximum absolute atomic E-state index is 10.5. The number of anilines is 1. The summed E-state index contributed by atoms with van der Waals surface area (Å²) in [5.41, 5.74) is 1.77. The maximum atomic E-state index is 10.5.